The van der Waals surface area contributed by atoms with E-state index in [-0.39, 0.29) is 41.1 Å². The summed E-state index contributed by atoms with van der Waals surface area (Å²) in [6, 6.07) is 17.2. The maximum atomic E-state index is 17.5. The molecule has 4 unspecified atom stereocenters. The molecule has 2 bridgehead atoms. The fraction of sp³-hybridized carbons (Fsp3) is 0.405. The van der Waals surface area contributed by atoms with E-state index < -0.39 is 18.0 Å². The highest BCUT2D eigenvalue weighted by Gasteiger charge is 2.53. The highest BCUT2D eigenvalue weighted by molar-refractivity contribution is 7.98. The molecule has 14 heteroatoms. The van der Waals surface area contributed by atoms with Crippen LogP contribution < -0.4 is 24.0 Å². The Morgan fingerprint density at radius 2 is 1.61 bits per heavy atom. The lowest BCUT2D eigenvalue weighted by Crippen LogP contribution is -2.64. The molecule has 1 amide bonds. The molecule has 0 spiro atoms. The van der Waals surface area contributed by atoms with Gasteiger partial charge in [0.2, 0.25) is 5.88 Å². The fourth-order valence-corrected chi connectivity index (χ4v) is 9.34. The van der Waals surface area contributed by atoms with Crippen molar-refractivity contribution in [3.05, 3.63) is 82.7 Å². The summed E-state index contributed by atoms with van der Waals surface area (Å²) in [5.41, 5.74) is 4.81. The molecule has 4 aliphatic rings. The van der Waals surface area contributed by atoms with Crippen LogP contribution in [0.15, 0.2) is 59.8 Å². The number of nitrogens with zero attached hydrogens (tertiary/aromatic N) is 7. The summed E-state index contributed by atoms with van der Waals surface area (Å²) in [4.78, 5) is 38.4. The van der Waals surface area contributed by atoms with E-state index in [1.54, 1.807) is 19.1 Å². The van der Waals surface area contributed by atoms with E-state index >= 15 is 4.39 Å². The molecule has 2 aromatic carbocycles. The zero-order valence-corrected chi connectivity index (χ0v) is 32.8. The molecular formula is C42H44FN7O5S. The molecule has 290 valence electrons. The number of thioether (sulfide) groups is 1. The SMILES string of the molecule is COc1ccc(CN(Cc2ccc(OC)cc2)c2cc(C)c(C3CC3)c(-c3nc4c5c(nc(SC)nc5c3F)N3CC5CCC(C3C(C)O4)N5C(=O)O)n2)cc1. The molecule has 1 aliphatic carbocycles. The number of aromatic nitrogens is 4. The quantitative estimate of drug-likeness (QED) is 0.110. The second kappa shape index (κ2) is 14.3. The molecule has 0 radical (unpaired) electrons. The van der Waals surface area contributed by atoms with Crippen molar-refractivity contribution in [2.45, 2.75) is 87.9 Å². The number of carboxylic acid groups (broad SMARTS) is 1. The molecule has 5 aromatic rings. The minimum atomic E-state index is -0.933. The average molecular weight is 778 g/mol. The fourth-order valence-electron chi connectivity index (χ4n) is 8.98. The van der Waals surface area contributed by atoms with Crippen LogP contribution in [0.25, 0.3) is 22.3 Å². The lowest BCUT2D eigenvalue weighted by Gasteiger charge is -2.47. The third-order valence-corrected chi connectivity index (χ3v) is 12.3. The van der Waals surface area contributed by atoms with Crippen molar-refractivity contribution in [3.63, 3.8) is 0 Å². The normalized spacial score (nSPS) is 21.0. The van der Waals surface area contributed by atoms with Crippen LogP contribution in [0.3, 0.4) is 0 Å². The number of hydrogen-bond acceptors (Lipinski definition) is 11. The van der Waals surface area contributed by atoms with Gasteiger partial charge in [0.05, 0.1) is 38.0 Å². The molecule has 12 nitrogen and oxygen atoms in total. The monoisotopic (exact) mass is 777 g/mol. The van der Waals surface area contributed by atoms with Gasteiger partial charge in [0.25, 0.3) is 0 Å². The first-order valence-electron chi connectivity index (χ1n) is 19.1. The Morgan fingerprint density at radius 3 is 2.20 bits per heavy atom. The van der Waals surface area contributed by atoms with Gasteiger partial charge in [-0.3, -0.25) is 4.90 Å². The van der Waals surface area contributed by atoms with E-state index in [1.807, 2.05) is 61.7 Å². The highest BCUT2D eigenvalue weighted by atomic mass is 32.2. The van der Waals surface area contributed by atoms with Gasteiger partial charge in [0, 0.05) is 19.6 Å². The maximum Gasteiger partial charge on any atom is 0.407 e. The molecule has 56 heavy (non-hydrogen) atoms. The number of amides is 1. The topological polar surface area (TPSA) is 126 Å². The number of benzene rings is 2. The Labute approximate surface area is 329 Å². The van der Waals surface area contributed by atoms with E-state index in [4.69, 9.17) is 34.1 Å². The molecule has 3 aliphatic heterocycles. The smallest absolute Gasteiger partial charge is 0.407 e. The van der Waals surface area contributed by atoms with Crippen molar-refractivity contribution in [1.29, 1.82) is 0 Å². The Hall–Kier alpha value is -5.37. The number of fused-ring (bicyclic) bond motifs is 5. The predicted octanol–water partition coefficient (Wildman–Crippen LogP) is 7.84. The summed E-state index contributed by atoms with van der Waals surface area (Å²) in [6.07, 6.45) is 3.88. The van der Waals surface area contributed by atoms with Gasteiger partial charge in [-0.1, -0.05) is 36.0 Å². The molecule has 3 aromatic heterocycles. The van der Waals surface area contributed by atoms with E-state index in [1.165, 1.54) is 11.8 Å². The first-order valence-corrected chi connectivity index (χ1v) is 20.3. The second-order valence-corrected chi connectivity index (χ2v) is 16.0. The van der Waals surface area contributed by atoms with Gasteiger partial charge in [-0.05, 0) is 104 Å². The average Bonchev–Trinajstić information content (AvgIpc) is 4.01. The van der Waals surface area contributed by atoms with E-state index in [9.17, 15) is 9.90 Å². The van der Waals surface area contributed by atoms with Gasteiger partial charge in [-0.2, -0.15) is 0 Å². The summed E-state index contributed by atoms with van der Waals surface area (Å²) >= 11 is 1.34. The van der Waals surface area contributed by atoms with Crippen LogP contribution in [0.5, 0.6) is 17.4 Å². The van der Waals surface area contributed by atoms with Crippen LogP contribution in [-0.4, -0.2) is 87.3 Å². The molecule has 1 saturated carbocycles. The molecule has 3 fully saturated rings. The number of anilines is 2. The first kappa shape index (κ1) is 36.3. The number of methoxy groups -OCH3 is 2. The maximum absolute atomic E-state index is 17.5. The zero-order chi connectivity index (χ0) is 38.8. The number of carbonyl (C=O) groups is 1. The van der Waals surface area contributed by atoms with Crippen LogP contribution in [0.4, 0.5) is 20.8 Å². The van der Waals surface area contributed by atoms with Crippen LogP contribution in [0, 0.1) is 12.7 Å². The van der Waals surface area contributed by atoms with E-state index in [2.05, 4.69) is 22.8 Å². The van der Waals surface area contributed by atoms with E-state index in [0.717, 1.165) is 53.0 Å². The van der Waals surface area contributed by atoms with Crippen LogP contribution in [0.2, 0.25) is 0 Å². The Balaban J connectivity index is 1.20. The van der Waals surface area contributed by atoms with Gasteiger partial charge in [0.15, 0.2) is 11.0 Å². The summed E-state index contributed by atoms with van der Waals surface area (Å²) < 4.78 is 35.1. The van der Waals surface area contributed by atoms with Crippen molar-refractivity contribution >= 4 is 40.4 Å². The molecule has 4 atom stereocenters. The molecule has 1 N–H and O–H groups in total. The first-order chi connectivity index (χ1) is 27.1. The number of halogens is 1. The molecule has 6 heterocycles. The Bertz CT molecular complexity index is 2280. The Kier molecular flexibility index (Phi) is 9.26. The van der Waals surface area contributed by atoms with Crippen molar-refractivity contribution in [2.75, 3.05) is 36.8 Å². The molecule has 2 saturated heterocycles. The highest BCUT2D eigenvalue weighted by Crippen LogP contribution is 2.49. The van der Waals surface area contributed by atoms with Gasteiger partial charge in [-0.15, -0.1) is 0 Å². The molecular weight excluding hydrogens is 734 g/mol. The largest absolute Gasteiger partial charge is 0.497 e. The van der Waals surface area contributed by atoms with Crippen LogP contribution in [0.1, 0.15) is 60.8 Å². The number of aryl methyl sites for hydroxylation is 1. The zero-order valence-electron chi connectivity index (χ0n) is 32.0. The number of rotatable bonds is 10. The number of pyridine rings is 2. The molecule has 9 rings (SSSR count). The minimum absolute atomic E-state index is 0.0886. The lowest BCUT2D eigenvalue weighted by molar-refractivity contribution is 0.0707. The summed E-state index contributed by atoms with van der Waals surface area (Å²) in [5, 5.41) is 11.0. The Morgan fingerprint density at radius 1 is 0.946 bits per heavy atom. The summed E-state index contributed by atoms with van der Waals surface area (Å²) in [7, 11) is 3.30. The predicted molar refractivity (Wildman–Crippen MR) is 213 cm³/mol. The number of ether oxygens (including phenoxy) is 3. The van der Waals surface area contributed by atoms with Crippen LogP contribution in [-0.2, 0) is 13.1 Å². The second-order valence-electron chi connectivity index (χ2n) is 15.2. The lowest BCUT2D eigenvalue weighted by atomic mass is 9.98. The standard InChI is InChI=1S/C42H44FN7O5S/c1-22-18-31(48(19-24-6-13-28(53-3)14-7-24)20-25-8-15-29(54-4)16-9-25)44-36(32(22)26-10-11-26)37-34(43)35-33-39(47-41(46-35)56-5)49-21-27-12-17-30(50(27)42(51)52)38(49)23(2)55-40(33)45-37/h6-9,13-16,18,23,26-27,30,38H,10-12,17,19-21H2,1-5H3,(H,51,52). The summed E-state index contributed by atoms with van der Waals surface area (Å²) in [6.45, 7) is 5.50. The summed E-state index contributed by atoms with van der Waals surface area (Å²) in [5.74, 6) is 2.65. The third-order valence-electron chi connectivity index (χ3n) is 11.7. The van der Waals surface area contributed by atoms with Gasteiger partial charge in [-0.25, -0.2) is 29.1 Å². The van der Waals surface area contributed by atoms with Crippen molar-refractivity contribution < 1.29 is 28.5 Å². The van der Waals surface area contributed by atoms with Gasteiger partial charge >= 0.3 is 6.09 Å². The van der Waals surface area contributed by atoms with Crippen molar-refractivity contribution in [1.82, 2.24) is 24.8 Å². The number of hydrogen-bond donors (Lipinski definition) is 1. The minimum Gasteiger partial charge on any atom is -0.497 e. The van der Waals surface area contributed by atoms with Crippen LogP contribution >= 0.6 is 11.8 Å². The van der Waals surface area contributed by atoms with Gasteiger partial charge in [0.1, 0.15) is 45.8 Å². The van der Waals surface area contributed by atoms with Gasteiger partial charge < -0.3 is 29.1 Å². The number of piperazine rings is 1. The third kappa shape index (κ3) is 6.27. The van der Waals surface area contributed by atoms with E-state index in [0.29, 0.717) is 53.9 Å². The van der Waals surface area contributed by atoms with Crippen molar-refractivity contribution in [2.24, 2.45) is 0 Å². The van der Waals surface area contributed by atoms with Crippen molar-refractivity contribution in [3.8, 4) is 28.8 Å².